The molecule has 0 amide bonds. The molecule has 22 heavy (non-hydrogen) atoms. The molecule has 2 rings (SSSR count). The third kappa shape index (κ3) is 3.13. The number of benzene rings is 1. The molecule has 2 aromatic rings. The molecule has 0 saturated carbocycles. The second-order valence-electron chi connectivity index (χ2n) is 5.16. The summed E-state index contributed by atoms with van der Waals surface area (Å²) in [6.45, 7) is 6.44. The lowest BCUT2D eigenvalue weighted by Crippen LogP contribution is -2.10. The lowest BCUT2D eigenvalue weighted by molar-refractivity contribution is 0.0526. The third-order valence-electron chi connectivity index (χ3n) is 3.82. The van der Waals surface area contributed by atoms with E-state index in [9.17, 15) is 4.79 Å². The van der Waals surface area contributed by atoms with E-state index < -0.39 is 0 Å². The molecular formula is C17H23N3O2. The number of aromatic nitrogens is 2. The number of imidazole rings is 1. The minimum atomic E-state index is -0.355. The van der Waals surface area contributed by atoms with Gasteiger partial charge in [-0.2, -0.15) is 0 Å². The van der Waals surface area contributed by atoms with Gasteiger partial charge >= 0.3 is 5.97 Å². The molecule has 2 N–H and O–H groups in total. The zero-order valence-electron chi connectivity index (χ0n) is 13.4. The third-order valence-corrected chi connectivity index (χ3v) is 3.82. The number of ether oxygens (including phenoxy) is 1. The molecule has 0 aliphatic carbocycles. The van der Waals surface area contributed by atoms with Gasteiger partial charge < -0.3 is 15.0 Å². The fourth-order valence-electron chi connectivity index (χ4n) is 2.59. The molecule has 0 bridgehead atoms. The maximum atomic E-state index is 11.8. The molecule has 1 aromatic heterocycles. The van der Waals surface area contributed by atoms with Crippen molar-refractivity contribution in [3.63, 3.8) is 0 Å². The van der Waals surface area contributed by atoms with E-state index in [0.29, 0.717) is 23.8 Å². The Hall–Kier alpha value is -2.30. The van der Waals surface area contributed by atoms with Crippen molar-refractivity contribution >= 4 is 11.7 Å². The molecule has 0 unspecified atom stereocenters. The lowest BCUT2D eigenvalue weighted by Gasteiger charge is -2.16. The lowest BCUT2D eigenvalue weighted by atomic mass is 10.0. The van der Waals surface area contributed by atoms with Crippen LogP contribution in [0.15, 0.2) is 30.6 Å². The van der Waals surface area contributed by atoms with E-state index in [0.717, 1.165) is 24.4 Å². The summed E-state index contributed by atoms with van der Waals surface area (Å²) in [5.74, 6) is 1.03. The molecule has 1 heterocycles. The largest absolute Gasteiger partial charge is 0.462 e. The number of nitrogens with zero attached hydrogens (tertiary/aromatic N) is 2. The number of rotatable bonds is 6. The number of hydrogen-bond acceptors (Lipinski definition) is 4. The van der Waals surface area contributed by atoms with Crippen molar-refractivity contribution in [2.24, 2.45) is 0 Å². The second kappa shape index (κ2) is 7.11. The number of carbonyl (C=O) groups excluding carboxylic acids is 1. The summed E-state index contributed by atoms with van der Waals surface area (Å²) in [6, 6.07) is 5.24. The van der Waals surface area contributed by atoms with Gasteiger partial charge in [0.25, 0.3) is 0 Å². The van der Waals surface area contributed by atoms with E-state index in [-0.39, 0.29) is 5.97 Å². The normalized spacial score (nSPS) is 10.9. The van der Waals surface area contributed by atoms with Gasteiger partial charge in [0.2, 0.25) is 0 Å². The molecule has 5 heteroatoms. The maximum absolute atomic E-state index is 11.8. The molecule has 0 saturated heterocycles. The molecule has 0 atom stereocenters. The number of anilines is 1. The van der Waals surface area contributed by atoms with Gasteiger partial charge in [-0.25, -0.2) is 9.78 Å². The Morgan fingerprint density at radius 3 is 2.64 bits per heavy atom. The Morgan fingerprint density at radius 2 is 2.05 bits per heavy atom. The molecule has 1 aromatic carbocycles. The summed E-state index contributed by atoms with van der Waals surface area (Å²) in [4.78, 5) is 16.2. The highest BCUT2D eigenvalue weighted by Gasteiger charge is 2.16. The molecule has 118 valence electrons. The molecule has 0 aliphatic rings. The van der Waals surface area contributed by atoms with E-state index in [1.165, 1.54) is 0 Å². The van der Waals surface area contributed by atoms with E-state index >= 15 is 0 Å². The average Bonchev–Trinajstić information content (AvgIpc) is 2.98. The summed E-state index contributed by atoms with van der Waals surface area (Å²) in [6.07, 6.45) is 5.73. The van der Waals surface area contributed by atoms with Gasteiger partial charge in [-0.05, 0) is 38.0 Å². The van der Waals surface area contributed by atoms with Crippen LogP contribution in [0, 0.1) is 0 Å². The van der Waals surface area contributed by atoms with Gasteiger partial charge in [0.1, 0.15) is 5.82 Å². The predicted molar refractivity (Wildman–Crippen MR) is 87.3 cm³/mol. The minimum Gasteiger partial charge on any atom is -0.462 e. The fourth-order valence-corrected chi connectivity index (χ4v) is 2.59. The van der Waals surface area contributed by atoms with Crippen LogP contribution in [-0.4, -0.2) is 22.1 Å². The van der Waals surface area contributed by atoms with Crippen LogP contribution in [0.4, 0.5) is 5.69 Å². The van der Waals surface area contributed by atoms with Crippen molar-refractivity contribution in [3.05, 3.63) is 42.0 Å². The standard InChI is InChI=1S/C17H23N3O2/c1-4-12(5-2)16-19-9-10-20(16)15-8-7-13(11-14(15)18)17(21)22-6-3/h7-12H,4-6,18H2,1-3H3. The summed E-state index contributed by atoms with van der Waals surface area (Å²) in [5, 5.41) is 0. The van der Waals surface area contributed by atoms with Crippen molar-refractivity contribution in [3.8, 4) is 5.69 Å². The Morgan fingerprint density at radius 1 is 1.32 bits per heavy atom. The minimum absolute atomic E-state index is 0.348. The van der Waals surface area contributed by atoms with E-state index in [4.69, 9.17) is 10.5 Å². The molecular weight excluding hydrogens is 278 g/mol. The summed E-state index contributed by atoms with van der Waals surface area (Å²) in [7, 11) is 0. The van der Waals surface area contributed by atoms with Crippen LogP contribution in [-0.2, 0) is 4.74 Å². The predicted octanol–water partition coefficient (Wildman–Crippen LogP) is 3.53. The molecule has 0 aliphatic heterocycles. The van der Waals surface area contributed by atoms with Crippen molar-refractivity contribution in [1.82, 2.24) is 9.55 Å². The van der Waals surface area contributed by atoms with E-state index in [1.807, 2.05) is 16.8 Å². The quantitative estimate of drug-likeness (QED) is 0.654. The smallest absolute Gasteiger partial charge is 0.338 e. The first-order chi connectivity index (χ1) is 10.6. The first-order valence-corrected chi connectivity index (χ1v) is 7.72. The zero-order chi connectivity index (χ0) is 16.1. The summed E-state index contributed by atoms with van der Waals surface area (Å²) >= 11 is 0. The monoisotopic (exact) mass is 301 g/mol. The number of hydrogen-bond donors (Lipinski definition) is 1. The van der Waals surface area contributed by atoms with Gasteiger partial charge in [-0.15, -0.1) is 0 Å². The number of carbonyl (C=O) groups is 1. The number of nitrogen functional groups attached to an aromatic ring is 1. The van der Waals surface area contributed by atoms with Crippen LogP contribution < -0.4 is 5.73 Å². The maximum Gasteiger partial charge on any atom is 0.338 e. The van der Waals surface area contributed by atoms with Crippen LogP contribution in [0.5, 0.6) is 0 Å². The molecule has 5 nitrogen and oxygen atoms in total. The highest BCUT2D eigenvalue weighted by molar-refractivity contribution is 5.91. The molecule has 0 fully saturated rings. The Labute approximate surface area is 131 Å². The first kappa shape index (κ1) is 16.1. The van der Waals surface area contributed by atoms with Crippen molar-refractivity contribution < 1.29 is 9.53 Å². The van der Waals surface area contributed by atoms with Crippen LogP contribution >= 0.6 is 0 Å². The number of esters is 1. The second-order valence-corrected chi connectivity index (χ2v) is 5.16. The zero-order valence-corrected chi connectivity index (χ0v) is 13.4. The Bertz CT molecular complexity index is 645. The van der Waals surface area contributed by atoms with Crippen molar-refractivity contribution in [2.45, 2.75) is 39.5 Å². The van der Waals surface area contributed by atoms with Crippen LogP contribution in [0.1, 0.15) is 55.7 Å². The summed E-state index contributed by atoms with van der Waals surface area (Å²) in [5.41, 5.74) is 7.99. The number of nitrogens with two attached hydrogens (primary N) is 1. The van der Waals surface area contributed by atoms with Crippen LogP contribution in [0.3, 0.4) is 0 Å². The van der Waals surface area contributed by atoms with Crippen molar-refractivity contribution in [2.75, 3.05) is 12.3 Å². The first-order valence-electron chi connectivity index (χ1n) is 7.72. The fraction of sp³-hybridized carbons (Fsp3) is 0.412. The van der Waals surface area contributed by atoms with Gasteiger partial charge in [-0.1, -0.05) is 13.8 Å². The molecule has 0 spiro atoms. The van der Waals surface area contributed by atoms with Crippen LogP contribution in [0.2, 0.25) is 0 Å². The van der Waals surface area contributed by atoms with Gasteiger partial charge in [0, 0.05) is 18.3 Å². The topological polar surface area (TPSA) is 70.1 Å². The van der Waals surface area contributed by atoms with Crippen LogP contribution in [0.25, 0.3) is 5.69 Å². The average molecular weight is 301 g/mol. The Balaban J connectivity index is 2.38. The van der Waals surface area contributed by atoms with Crippen molar-refractivity contribution in [1.29, 1.82) is 0 Å². The van der Waals surface area contributed by atoms with Gasteiger partial charge in [-0.3, -0.25) is 0 Å². The van der Waals surface area contributed by atoms with E-state index in [1.54, 1.807) is 25.3 Å². The molecule has 0 radical (unpaired) electrons. The highest BCUT2D eigenvalue weighted by atomic mass is 16.5. The Kier molecular flexibility index (Phi) is 5.20. The SMILES string of the molecule is CCOC(=O)c1ccc(-n2ccnc2C(CC)CC)c(N)c1. The van der Waals surface area contributed by atoms with Gasteiger partial charge in [0.15, 0.2) is 0 Å². The highest BCUT2D eigenvalue weighted by Crippen LogP contribution is 2.27. The van der Waals surface area contributed by atoms with E-state index in [2.05, 4.69) is 18.8 Å². The summed E-state index contributed by atoms with van der Waals surface area (Å²) < 4.78 is 7.00. The van der Waals surface area contributed by atoms with Gasteiger partial charge in [0.05, 0.1) is 23.5 Å².